The molecule has 132 valence electrons. The Kier molecular flexibility index (Phi) is 4.68. The van der Waals surface area contributed by atoms with Crippen LogP contribution in [0.4, 0.5) is 16.3 Å². The second kappa shape index (κ2) is 6.26. The van der Waals surface area contributed by atoms with Gasteiger partial charge in [-0.25, -0.2) is 14.8 Å². The molecule has 0 radical (unpaired) electrons. The number of aromatic nitrogens is 2. The standard InChI is InChI=1S/C16H25N5O3/c1-9-12-13(19-10(2)18-9)17-8-11(14(22)21(12)7)20(6)15(23)24-16(3,4)5/h11H,8H2,1-7H3,(H,17,18,19)/t11-/m0/s1. The van der Waals surface area contributed by atoms with Crippen molar-refractivity contribution in [1.29, 1.82) is 0 Å². The zero-order valence-corrected chi connectivity index (χ0v) is 15.3. The van der Waals surface area contributed by atoms with E-state index in [9.17, 15) is 9.59 Å². The van der Waals surface area contributed by atoms with E-state index >= 15 is 0 Å². The van der Waals surface area contributed by atoms with Crippen LogP contribution in [0, 0.1) is 13.8 Å². The number of rotatable bonds is 1. The molecule has 0 bridgehead atoms. The van der Waals surface area contributed by atoms with Crippen LogP contribution in [0.1, 0.15) is 32.3 Å². The summed E-state index contributed by atoms with van der Waals surface area (Å²) in [5.74, 6) is 1.000. The molecule has 0 fully saturated rings. The Morgan fingerprint density at radius 3 is 2.54 bits per heavy atom. The first kappa shape index (κ1) is 18.0. The molecule has 1 atom stereocenters. The summed E-state index contributed by atoms with van der Waals surface area (Å²) < 4.78 is 5.36. The number of carbonyl (C=O) groups is 2. The van der Waals surface area contributed by atoms with E-state index in [1.54, 1.807) is 41.8 Å². The Hall–Kier alpha value is -2.38. The maximum absolute atomic E-state index is 12.8. The van der Waals surface area contributed by atoms with Gasteiger partial charge in [0.05, 0.1) is 5.69 Å². The number of amides is 2. The van der Waals surface area contributed by atoms with Gasteiger partial charge in [-0.2, -0.15) is 0 Å². The van der Waals surface area contributed by atoms with E-state index in [1.807, 2.05) is 6.92 Å². The van der Waals surface area contributed by atoms with E-state index in [4.69, 9.17) is 4.74 Å². The maximum Gasteiger partial charge on any atom is 0.410 e. The van der Waals surface area contributed by atoms with Crippen LogP contribution in [0.15, 0.2) is 0 Å². The predicted molar refractivity (Wildman–Crippen MR) is 91.2 cm³/mol. The van der Waals surface area contributed by atoms with Crippen molar-refractivity contribution in [3.8, 4) is 0 Å². The summed E-state index contributed by atoms with van der Waals surface area (Å²) >= 11 is 0. The summed E-state index contributed by atoms with van der Waals surface area (Å²) in [6.07, 6.45) is -0.541. The van der Waals surface area contributed by atoms with Crippen LogP contribution in [-0.2, 0) is 9.53 Å². The van der Waals surface area contributed by atoms with Crippen LogP contribution in [0.2, 0.25) is 0 Å². The molecular weight excluding hydrogens is 310 g/mol. The molecule has 2 heterocycles. The van der Waals surface area contributed by atoms with Crippen molar-refractivity contribution in [1.82, 2.24) is 14.9 Å². The number of ether oxygens (including phenoxy) is 1. The van der Waals surface area contributed by atoms with Gasteiger partial charge in [0.1, 0.15) is 23.2 Å². The number of fused-ring (bicyclic) bond motifs is 1. The Bertz CT molecular complexity index is 668. The van der Waals surface area contributed by atoms with Gasteiger partial charge in [-0.3, -0.25) is 9.69 Å². The molecule has 24 heavy (non-hydrogen) atoms. The first-order valence-electron chi connectivity index (χ1n) is 7.83. The van der Waals surface area contributed by atoms with E-state index in [0.717, 1.165) is 0 Å². The van der Waals surface area contributed by atoms with Gasteiger partial charge in [-0.1, -0.05) is 0 Å². The summed E-state index contributed by atoms with van der Waals surface area (Å²) in [7, 11) is 3.22. The molecule has 0 spiro atoms. The lowest BCUT2D eigenvalue weighted by molar-refractivity contribution is -0.122. The van der Waals surface area contributed by atoms with Crippen LogP contribution in [0.5, 0.6) is 0 Å². The summed E-state index contributed by atoms with van der Waals surface area (Å²) in [6, 6.07) is -0.696. The largest absolute Gasteiger partial charge is 0.444 e. The molecule has 1 aromatic heterocycles. The second-order valence-electron chi connectivity index (χ2n) is 6.94. The molecule has 1 aromatic rings. The molecule has 1 aliphatic rings. The zero-order valence-electron chi connectivity index (χ0n) is 15.3. The highest BCUT2D eigenvalue weighted by molar-refractivity contribution is 6.02. The Labute approximate surface area is 142 Å². The Morgan fingerprint density at radius 2 is 1.96 bits per heavy atom. The van der Waals surface area contributed by atoms with Crippen molar-refractivity contribution >= 4 is 23.5 Å². The fourth-order valence-corrected chi connectivity index (χ4v) is 2.61. The molecule has 1 aliphatic heterocycles. The Morgan fingerprint density at radius 1 is 1.33 bits per heavy atom. The highest BCUT2D eigenvalue weighted by Crippen LogP contribution is 2.29. The smallest absolute Gasteiger partial charge is 0.410 e. The third kappa shape index (κ3) is 3.58. The number of hydrogen-bond acceptors (Lipinski definition) is 6. The van der Waals surface area contributed by atoms with Gasteiger partial charge in [0, 0.05) is 20.6 Å². The minimum atomic E-state index is -0.696. The van der Waals surface area contributed by atoms with Gasteiger partial charge in [-0.05, 0) is 34.6 Å². The first-order valence-corrected chi connectivity index (χ1v) is 7.83. The number of aryl methyl sites for hydroxylation is 2. The summed E-state index contributed by atoms with van der Waals surface area (Å²) in [6.45, 7) is 9.24. The lowest BCUT2D eigenvalue weighted by Crippen LogP contribution is -2.51. The molecule has 0 saturated heterocycles. The van der Waals surface area contributed by atoms with Crippen molar-refractivity contribution in [3.63, 3.8) is 0 Å². The number of nitrogens with one attached hydrogen (secondary N) is 1. The third-order valence-corrected chi connectivity index (χ3v) is 3.73. The van der Waals surface area contributed by atoms with E-state index < -0.39 is 17.7 Å². The quantitative estimate of drug-likeness (QED) is 0.841. The fraction of sp³-hybridized carbons (Fsp3) is 0.625. The van der Waals surface area contributed by atoms with Gasteiger partial charge in [-0.15, -0.1) is 0 Å². The summed E-state index contributed by atoms with van der Waals surface area (Å²) in [5.41, 5.74) is 0.716. The van der Waals surface area contributed by atoms with E-state index in [-0.39, 0.29) is 12.5 Å². The van der Waals surface area contributed by atoms with Crippen molar-refractivity contribution in [3.05, 3.63) is 11.5 Å². The SMILES string of the molecule is Cc1nc(C)c2c(n1)NC[C@H](N(C)C(=O)OC(C)(C)C)C(=O)N2C. The minimum Gasteiger partial charge on any atom is -0.444 e. The molecule has 0 saturated carbocycles. The number of carbonyl (C=O) groups excluding carboxylic acids is 2. The predicted octanol–water partition coefficient (Wildman–Crippen LogP) is 1.72. The average Bonchev–Trinajstić information content (AvgIpc) is 2.54. The topological polar surface area (TPSA) is 87.7 Å². The monoisotopic (exact) mass is 335 g/mol. The van der Waals surface area contributed by atoms with Crippen LogP contribution in [0.25, 0.3) is 0 Å². The molecule has 1 N–H and O–H groups in total. The highest BCUT2D eigenvalue weighted by atomic mass is 16.6. The van der Waals surface area contributed by atoms with Crippen LogP contribution in [-0.4, -0.2) is 59.2 Å². The minimum absolute atomic E-state index is 0.217. The third-order valence-electron chi connectivity index (χ3n) is 3.73. The highest BCUT2D eigenvalue weighted by Gasteiger charge is 2.36. The van der Waals surface area contributed by atoms with Crippen LogP contribution in [0.3, 0.4) is 0 Å². The van der Waals surface area contributed by atoms with E-state index in [2.05, 4.69) is 15.3 Å². The van der Waals surface area contributed by atoms with Crippen molar-refractivity contribution in [2.24, 2.45) is 0 Å². The van der Waals surface area contributed by atoms with Crippen LogP contribution < -0.4 is 10.2 Å². The zero-order chi connectivity index (χ0) is 18.2. The molecular formula is C16H25N5O3. The Balaban J connectivity index is 2.29. The van der Waals surface area contributed by atoms with E-state index in [0.29, 0.717) is 23.0 Å². The molecule has 2 amide bonds. The van der Waals surface area contributed by atoms with Crippen molar-refractivity contribution in [2.45, 2.75) is 46.3 Å². The summed E-state index contributed by atoms with van der Waals surface area (Å²) in [5, 5.41) is 3.15. The molecule has 8 nitrogen and oxygen atoms in total. The molecule has 2 rings (SSSR count). The average molecular weight is 335 g/mol. The number of likely N-dealkylation sites (N-methyl/N-ethyl adjacent to an activating group) is 2. The second-order valence-corrected chi connectivity index (χ2v) is 6.94. The fourth-order valence-electron chi connectivity index (χ4n) is 2.61. The van der Waals surface area contributed by atoms with Gasteiger partial charge >= 0.3 is 6.09 Å². The normalized spacial score (nSPS) is 17.7. The molecule has 8 heteroatoms. The van der Waals surface area contributed by atoms with Gasteiger partial charge in [0.2, 0.25) is 0 Å². The molecule has 0 unspecified atom stereocenters. The van der Waals surface area contributed by atoms with Crippen molar-refractivity contribution in [2.75, 3.05) is 30.9 Å². The number of anilines is 2. The first-order chi connectivity index (χ1) is 11.0. The molecule has 0 aromatic carbocycles. The van der Waals surface area contributed by atoms with Gasteiger partial charge in [0.15, 0.2) is 5.82 Å². The summed E-state index contributed by atoms with van der Waals surface area (Å²) in [4.78, 5) is 36.6. The molecule has 0 aliphatic carbocycles. The van der Waals surface area contributed by atoms with Gasteiger partial charge < -0.3 is 15.0 Å². The van der Waals surface area contributed by atoms with Crippen LogP contribution >= 0.6 is 0 Å². The van der Waals surface area contributed by atoms with Gasteiger partial charge in [0.25, 0.3) is 5.91 Å². The number of hydrogen-bond donors (Lipinski definition) is 1. The lowest BCUT2D eigenvalue weighted by Gasteiger charge is -2.30. The maximum atomic E-state index is 12.8. The number of nitrogens with zero attached hydrogens (tertiary/aromatic N) is 4. The van der Waals surface area contributed by atoms with E-state index in [1.165, 1.54) is 9.80 Å². The van der Waals surface area contributed by atoms with Crippen molar-refractivity contribution < 1.29 is 14.3 Å². The lowest BCUT2D eigenvalue weighted by atomic mass is 10.2.